The summed E-state index contributed by atoms with van der Waals surface area (Å²) in [7, 11) is -7.26. The predicted molar refractivity (Wildman–Crippen MR) is 119 cm³/mol. The Kier molecular flexibility index (Phi) is 8.62. The first kappa shape index (κ1) is 25.7. The summed E-state index contributed by atoms with van der Waals surface area (Å²) in [4.78, 5) is 12.3. The van der Waals surface area contributed by atoms with Crippen molar-refractivity contribution in [1.29, 1.82) is 0 Å². The molecule has 1 aromatic carbocycles. The minimum Gasteiger partial charge on any atom is -0.373 e. The van der Waals surface area contributed by atoms with E-state index in [-0.39, 0.29) is 42.4 Å². The van der Waals surface area contributed by atoms with Crippen molar-refractivity contribution in [2.45, 2.75) is 58.1 Å². The van der Waals surface area contributed by atoms with E-state index in [1.807, 2.05) is 20.8 Å². The van der Waals surface area contributed by atoms with Crippen molar-refractivity contribution >= 4 is 26.0 Å². The highest BCUT2D eigenvalue weighted by molar-refractivity contribution is 7.89. The molecule has 0 aromatic heterocycles. The first-order chi connectivity index (χ1) is 14.3. The lowest BCUT2D eigenvalue weighted by Gasteiger charge is -2.34. The number of nitrogens with one attached hydrogen (secondary N) is 2. The molecule has 2 atom stereocenters. The summed E-state index contributed by atoms with van der Waals surface area (Å²) in [6.07, 6.45) is -0.446. The first-order valence-electron chi connectivity index (χ1n) is 10.3. The van der Waals surface area contributed by atoms with E-state index in [1.54, 1.807) is 26.0 Å². The van der Waals surface area contributed by atoms with Crippen LogP contribution in [0.25, 0.3) is 0 Å². The van der Waals surface area contributed by atoms with Gasteiger partial charge in [0.2, 0.25) is 26.0 Å². The van der Waals surface area contributed by atoms with Crippen LogP contribution in [0.15, 0.2) is 17.0 Å². The smallest absolute Gasteiger partial charge is 0.241 e. The molecule has 2 unspecified atom stereocenters. The van der Waals surface area contributed by atoms with E-state index in [1.165, 1.54) is 4.31 Å². The van der Waals surface area contributed by atoms with Gasteiger partial charge in [-0.2, -0.15) is 4.31 Å². The standard InChI is InChI=1S/C20H33N3O6S2/c1-14-10-15(2)20(16(3)11-14)31(27,28)22-7-6-19(24)21-8-9-30(25,26)23-12-17(4)29-18(5)13-23/h10-11,17-18,22H,6-9,12-13H2,1-5H3,(H,21,24). The fraction of sp³-hybridized carbons (Fsp3) is 0.650. The van der Waals surface area contributed by atoms with Gasteiger partial charge in [-0.1, -0.05) is 17.7 Å². The van der Waals surface area contributed by atoms with E-state index in [9.17, 15) is 21.6 Å². The van der Waals surface area contributed by atoms with Gasteiger partial charge in [0, 0.05) is 32.6 Å². The summed E-state index contributed by atoms with van der Waals surface area (Å²) in [5.74, 6) is -0.634. The Hall–Kier alpha value is -1.53. The summed E-state index contributed by atoms with van der Waals surface area (Å²) in [5.41, 5.74) is 2.27. The Balaban J connectivity index is 1.81. The van der Waals surface area contributed by atoms with E-state index in [4.69, 9.17) is 4.74 Å². The van der Waals surface area contributed by atoms with Crippen molar-refractivity contribution in [1.82, 2.24) is 14.3 Å². The number of amides is 1. The van der Waals surface area contributed by atoms with Gasteiger partial charge < -0.3 is 10.1 Å². The van der Waals surface area contributed by atoms with Gasteiger partial charge in [-0.25, -0.2) is 21.6 Å². The summed E-state index contributed by atoms with van der Waals surface area (Å²) in [5, 5.41) is 2.55. The van der Waals surface area contributed by atoms with Crippen LogP contribution in [0.3, 0.4) is 0 Å². The summed E-state index contributed by atoms with van der Waals surface area (Å²) in [6, 6.07) is 3.59. The molecule has 31 heavy (non-hydrogen) atoms. The second-order valence-electron chi connectivity index (χ2n) is 8.12. The van der Waals surface area contributed by atoms with E-state index < -0.39 is 26.0 Å². The van der Waals surface area contributed by atoms with Gasteiger partial charge in [-0.3, -0.25) is 4.79 Å². The minimum atomic E-state index is -3.75. The number of hydrogen-bond donors (Lipinski definition) is 2. The van der Waals surface area contributed by atoms with Crippen LogP contribution in [0, 0.1) is 20.8 Å². The third-order valence-corrected chi connectivity index (χ3v) is 8.55. The Morgan fingerprint density at radius 2 is 1.58 bits per heavy atom. The monoisotopic (exact) mass is 475 g/mol. The highest BCUT2D eigenvalue weighted by atomic mass is 32.2. The third-order valence-electron chi connectivity index (χ3n) is 4.98. The maximum Gasteiger partial charge on any atom is 0.241 e. The van der Waals surface area contributed by atoms with Crippen LogP contribution < -0.4 is 10.0 Å². The van der Waals surface area contributed by atoms with Crippen LogP contribution >= 0.6 is 0 Å². The van der Waals surface area contributed by atoms with Crippen LogP contribution in [-0.4, -0.2) is 71.2 Å². The summed E-state index contributed by atoms with van der Waals surface area (Å²) < 4.78 is 59.5. The van der Waals surface area contributed by atoms with Crippen molar-refractivity contribution in [2.24, 2.45) is 0 Å². The van der Waals surface area contributed by atoms with Crippen LogP contribution in [0.4, 0.5) is 0 Å². The average Bonchev–Trinajstić information content (AvgIpc) is 2.59. The van der Waals surface area contributed by atoms with Crippen molar-refractivity contribution in [2.75, 3.05) is 31.9 Å². The molecule has 0 bridgehead atoms. The fourth-order valence-corrected chi connectivity index (χ4v) is 6.83. The Morgan fingerprint density at radius 1 is 1.03 bits per heavy atom. The number of aryl methyl sites for hydroxylation is 3. The zero-order chi connectivity index (χ0) is 23.4. The normalized spacial score (nSPS) is 20.5. The van der Waals surface area contributed by atoms with E-state index in [0.717, 1.165) is 5.56 Å². The van der Waals surface area contributed by atoms with E-state index in [2.05, 4.69) is 10.0 Å². The van der Waals surface area contributed by atoms with Crippen LogP contribution in [0.1, 0.15) is 37.0 Å². The third kappa shape index (κ3) is 7.25. The van der Waals surface area contributed by atoms with Gasteiger partial charge in [0.1, 0.15) is 0 Å². The number of sulfonamides is 2. The molecule has 0 spiro atoms. The molecule has 11 heteroatoms. The van der Waals surface area contributed by atoms with Gasteiger partial charge >= 0.3 is 0 Å². The molecule has 176 valence electrons. The van der Waals surface area contributed by atoms with Crippen molar-refractivity contribution in [3.05, 3.63) is 28.8 Å². The van der Waals surface area contributed by atoms with Crippen LogP contribution in [0.2, 0.25) is 0 Å². The maximum atomic E-state index is 12.6. The van der Waals surface area contributed by atoms with Crippen molar-refractivity contribution in [3.63, 3.8) is 0 Å². The Bertz CT molecular complexity index is 975. The van der Waals surface area contributed by atoms with Gasteiger partial charge in [0.25, 0.3) is 0 Å². The Morgan fingerprint density at radius 3 is 2.13 bits per heavy atom. The number of carbonyl (C=O) groups excluding carboxylic acids is 1. The zero-order valence-electron chi connectivity index (χ0n) is 18.8. The molecule has 0 radical (unpaired) electrons. The van der Waals surface area contributed by atoms with E-state index >= 15 is 0 Å². The van der Waals surface area contributed by atoms with E-state index in [0.29, 0.717) is 24.2 Å². The summed E-state index contributed by atoms with van der Waals surface area (Å²) >= 11 is 0. The Labute approximate surface area is 185 Å². The van der Waals surface area contributed by atoms with Gasteiger partial charge in [-0.15, -0.1) is 0 Å². The quantitative estimate of drug-likeness (QED) is 0.546. The van der Waals surface area contributed by atoms with Gasteiger partial charge in [-0.05, 0) is 45.7 Å². The number of morpholine rings is 1. The molecule has 0 saturated carbocycles. The molecule has 1 aliphatic heterocycles. The molecule has 1 fully saturated rings. The van der Waals surface area contributed by atoms with Crippen molar-refractivity contribution < 1.29 is 26.4 Å². The molecule has 2 rings (SSSR count). The molecule has 1 amide bonds. The lowest BCUT2D eigenvalue weighted by atomic mass is 10.1. The maximum absolute atomic E-state index is 12.6. The molecule has 1 heterocycles. The molecular formula is C20H33N3O6S2. The fourth-order valence-electron chi connectivity index (χ4n) is 3.86. The highest BCUT2D eigenvalue weighted by Gasteiger charge is 2.30. The number of carbonyl (C=O) groups is 1. The highest BCUT2D eigenvalue weighted by Crippen LogP contribution is 2.21. The number of hydrogen-bond acceptors (Lipinski definition) is 6. The second kappa shape index (κ2) is 10.4. The molecule has 0 aliphatic carbocycles. The molecule has 1 aromatic rings. The number of benzene rings is 1. The topological polar surface area (TPSA) is 122 Å². The van der Waals surface area contributed by atoms with Crippen molar-refractivity contribution in [3.8, 4) is 0 Å². The predicted octanol–water partition coefficient (Wildman–Crippen LogP) is 0.835. The summed E-state index contributed by atoms with van der Waals surface area (Å²) in [6.45, 7) is 9.47. The molecule has 1 aliphatic rings. The molecule has 1 saturated heterocycles. The number of rotatable bonds is 9. The van der Waals surface area contributed by atoms with Gasteiger partial charge in [0.05, 0.1) is 22.9 Å². The molecule has 9 nitrogen and oxygen atoms in total. The SMILES string of the molecule is Cc1cc(C)c(S(=O)(=O)NCCC(=O)NCCS(=O)(=O)N2CC(C)OC(C)C2)c(C)c1. The minimum absolute atomic E-state index is 0.0375. The number of ether oxygens (including phenoxy) is 1. The second-order valence-corrected chi connectivity index (χ2v) is 11.9. The lowest BCUT2D eigenvalue weighted by molar-refractivity contribution is -0.120. The van der Waals surface area contributed by atoms with Gasteiger partial charge in [0.15, 0.2) is 0 Å². The number of nitrogens with zero attached hydrogens (tertiary/aromatic N) is 1. The van der Waals surface area contributed by atoms with Crippen LogP contribution in [-0.2, 0) is 29.6 Å². The van der Waals surface area contributed by atoms with Crippen LogP contribution in [0.5, 0.6) is 0 Å². The first-order valence-corrected chi connectivity index (χ1v) is 13.4. The molecular weight excluding hydrogens is 442 g/mol. The average molecular weight is 476 g/mol. The molecule has 2 N–H and O–H groups in total. The zero-order valence-corrected chi connectivity index (χ0v) is 20.4. The lowest BCUT2D eigenvalue weighted by Crippen LogP contribution is -2.49. The largest absolute Gasteiger partial charge is 0.373 e.